The molecule has 1 rings (SSSR count). The van der Waals surface area contributed by atoms with Crippen LogP contribution in [-0.4, -0.2) is 114 Å². The SMILES string of the molecule is CC[C@H](C)[C@H](NC(=O)[C@H](CC(C)C)NC(=O)[C@H](CC(C)C)NC(C)=O)C(=O)N[C@H](C(=O)N[C@@H](CCCN=C(N)N)C(=O)N[C@H](C(=O)N[C@@H](CCCCN)C(=O)NCc1ccc(C(=N)N)cc1)C(C)C)[C@@H](C)CC. The molecule has 0 aliphatic carbocycles. The topological polar surface area (TPSA) is 373 Å². The summed E-state index contributed by atoms with van der Waals surface area (Å²) >= 11 is 0. The molecule has 0 unspecified atom stereocenters. The summed E-state index contributed by atoms with van der Waals surface area (Å²) < 4.78 is 0. The second kappa shape index (κ2) is 33.4. The molecule has 0 heterocycles. The number of rotatable bonds is 34. The predicted octanol–water partition coefficient (Wildman–Crippen LogP) is 1.02. The average Bonchev–Trinajstić information content (AvgIpc) is 3.32. The molecule has 1 aromatic carbocycles. The molecule has 0 aliphatic rings. The van der Waals surface area contributed by atoms with Gasteiger partial charge >= 0.3 is 0 Å². The zero-order valence-electron chi connectivity index (χ0n) is 45.2. The first-order valence-electron chi connectivity index (χ1n) is 25.8. The van der Waals surface area contributed by atoms with Gasteiger partial charge in [0.2, 0.25) is 47.3 Å². The molecule has 9 atom stereocenters. The van der Waals surface area contributed by atoms with Gasteiger partial charge in [0.15, 0.2) is 5.96 Å². The average molecular weight is 1030 g/mol. The van der Waals surface area contributed by atoms with Gasteiger partial charge in [0.1, 0.15) is 48.1 Å². The number of nitrogens with one attached hydrogen (secondary N) is 9. The Labute approximate surface area is 432 Å². The Morgan fingerprint density at radius 3 is 1.44 bits per heavy atom. The number of benzene rings is 1. The third kappa shape index (κ3) is 24.3. The molecule has 22 heteroatoms. The summed E-state index contributed by atoms with van der Waals surface area (Å²) in [6, 6.07) is -0.869. The summed E-state index contributed by atoms with van der Waals surface area (Å²) in [6.45, 7) is 20.2. The molecule has 73 heavy (non-hydrogen) atoms. The number of hydrogen-bond acceptors (Lipinski definition) is 11. The summed E-state index contributed by atoms with van der Waals surface area (Å²) in [4.78, 5) is 114. The van der Waals surface area contributed by atoms with Gasteiger partial charge in [0, 0.05) is 25.6 Å². The Morgan fingerprint density at radius 1 is 0.548 bits per heavy atom. The van der Waals surface area contributed by atoms with Crippen molar-refractivity contribution in [3.8, 4) is 0 Å². The van der Waals surface area contributed by atoms with E-state index in [2.05, 4.69) is 47.5 Å². The summed E-state index contributed by atoms with van der Waals surface area (Å²) in [7, 11) is 0. The van der Waals surface area contributed by atoms with Crippen LogP contribution in [0.3, 0.4) is 0 Å². The molecule has 0 spiro atoms. The lowest BCUT2D eigenvalue weighted by Crippen LogP contribution is -2.62. The van der Waals surface area contributed by atoms with E-state index in [0.717, 1.165) is 5.56 Å². The minimum absolute atomic E-state index is 0.0218. The molecule has 8 amide bonds. The number of nitrogens with zero attached hydrogens (tertiary/aromatic N) is 1. The van der Waals surface area contributed by atoms with Crippen molar-refractivity contribution in [3.63, 3.8) is 0 Å². The van der Waals surface area contributed by atoms with E-state index in [9.17, 15) is 38.4 Å². The molecule has 0 radical (unpaired) electrons. The summed E-state index contributed by atoms with van der Waals surface area (Å²) in [5.41, 5.74) is 23.7. The molecule has 0 saturated heterocycles. The predicted molar refractivity (Wildman–Crippen MR) is 284 cm³/mol. The Bertz CT molecular complexity index is 1990. The van der Waals surface area contributed by atoms with Crippen LogP contribution in [-0.2, 0) is 44.9 Å². The van der Waals surface area contributed by atoms with Gasteiger partial charge in [-0.3, -0.25) is 48.8 Å². The van der Waals surface area contributed by atoms with Gasteiger partial charge in [0.05, 0.1) is 0 Å². The van der Waals surface area contributed by atoms with E-state index in [1.165, 1.54) is 6.92 Å². The van der Waals surface area contributed by atoms with Crippen LogP contribution in [0.5, 0.6) is 0 Å². The van der Waals surface area contributed by atoms with Crippen molar-refractivity contribution >= 4 is 59.1 Å². The number of nitrogens with two attached hydrogens (primary N) is 4. The molecule has 0 saturated carbocycles. The maximum absolute atomic E-state index is 14.4. The molecular weight excluding hydrogens is 937 g/mol. The number of amidine groups is 1. The second-order valence-corrected chi connectivity index (χ2v) is 20.2. The zero-order chi connectivity index (χ0) is 55.5. The number of amides is 8. The summed E-state index contributed by atoms with van der Waals surface area (Å²) in [5, 5.41) is 30.0. The van der Waals surface area contributed by atoms with Crippen LogP contribution in [0.4, 0.5) is 0 Å². The Balaban J connectivity index is 3.48. The number of carbonyl (C=O) groups is 8. The number of unbranched alkanes of at least 4 members (excludes halogenated alkanes) is 1. The molecule has 0 fully saturated rings. The first-order valence-corrected chi connectivity index (χ1v) is 25.8. The van der Waals surface area contributed by atoms with E-state index in [4.69, 9.17) is 28.3 Å². The summed E-state index contributed by atoms with van der Waals surface area (Å²) in [6.07, 6.45) is 3.10. The van der Waals surface area contributed by atoms with Crippen LogP contribution < -0.4 is 65.5 Å². The molecule has 0 bridgehead atoms. The number of guanidine groups is 1. The zero-order valence-corrected chi connectivity index (χ0v) is 45.2. The minimum atomic E-state index is -1.25. The Kier molecular flexibility index (Phi) is 29.6. The fourth-order valence-corrected chi connectivity index (χ4v) is 7.78. The fraction of sp³-hybridized carbons (Fsp3) is 0.686. The number of hydrogen-bond donors (Lipinski definition) is 13. The third-order valence-electron chi connectivity index (χ3n) is 12.5. The van der Waals surface area contributed by atoms with E-state index in [0.29, 0.717) is 44.2 Å². The highest BCUT2D eigenvalue weighted by atomic mass is 16.2. The van der Waals surface area contributed by atoms with Crippen LogP contribution in [0.15, 0.2) is 29.3 Å². The Hall–Kier alpha value is -6.32. The number of nitrogen functional groups attached to an aromatic ring is 1. The fourth-order valence-electron chi connectivity index (χ4n) is 7.78. The lowest BCUT2D eigenvalue weighted by molar-refractivity contribution is -0.137. The van der Waals surface area contributed by atoms with Crippen molar-refractivity contribution in [3.05, 3.63) is 35.4 Å². The maximum Gasteiger partial charge on any atom is 0.243 e. The maximum atomic E-state index is 14.4. The largest absolute Gasteiger partial charge is 0.384 e. The van der Waals surface area contributed by atoms with Crippen molar-refractivity contribution in [2.24, 2.45) is 57.5 Å². The van der Waals surface area contributed by atoms with E-state index in [1.54, 1.807) is 52.0 Å². The molecule has 17 N–H and O–H groups in total. The molecule has 0 aliphatic heterocycles. The van der Waals surface area contributed by atoms with Crippen LogP contribution in [0.1, 0.15) is 145 Å². The lowest BCUT2D eigenvalue weighted by atomic mass is 9.94. The first kappa shape index (κ1) is 64.7. The van der Waals surface area contributed by atoms with Gasteiger partial charge in [-0.1, -0.05) is 106 Å². The number of aliphatic imine (C=N–C) groups is 1. The second-order valence-electron chi connectivity index (χ2n) is 20.2. The highest BCUT2D eigenvalue weighted by Gasteiger charge is 2.37. The lowest BCUT2D eigenvalue weighted by Gasteiger charge is -2.31. The van der Waals surface area contributed by atoms with E-state index in [-0.39, 0.29) is 62.4 Å². The van der Waals surface area contributed by atoms with Gasteiger partial charge in [-0.25, -0.2) is 0 Å². The monoisotopic (exact) mass is 1030 g/mol. The third-order valence-corrected chi connectivity index (χ3v) is 12.5. The van der Waals surface area contributed by atoms with Crippen molar-refractivity contribution in [2.45, 2.75) is 183 Å². The Morgan fingerprint density at radius 2 is 0.973 bits per heavy atom. The first-order chi connectivity index (χ1) is 34.3. The van der Waals surface area contributed by atoms with Crippen molar-refractivity contribution in [2.75, 3.05) is 13.1 Å². The van der Waals surface area contributed by atoms with Crippen LogP contribution in [0.25, 0.3) is 0 Å². The van der Waals surface area contributed by atoms with Gasteiger partial charge in [0.25, 0.3) is 0 Å². The van der Waals surface area contributed by atoms with Crippen LogP contribution in [0, 0.1) is 35.0 Å². The smallest absolute Gasteiger partial charge is 0.243 e. The molecule has 0 aromatic heterocycles. The minimum Gasteiger partial charge on any atom is -0.384 e. The normalized spacial score (nSPS) is 14.9. The number of carbonyl (C=O) groups excluding carboxylic acids is 8. The van der Waals surface area contributed by atoms with Crippen molar-refractivity contribution in [1.82, 2.24) is 42.5 Å². The molecule has 22 nitrogen and oxygen atoms in total. The van der Waals surface area contributed by atoms with Gasteiger partial charge < -0.3 is 65.5 Å². The van der Waals surface area contributed by atoms with Crippen LogP contribution >= 0.6 is 0 Å². The molecular formula is C51H90N14O8. The van der Waals surface area contributed by atoms with Crippen molar-refractivity contribution in [1.29, 1.82) is 5.41 Å². The molecule has 1 aromatic rings. The van der Waals surface area contributed by atoms with Gasteiger partial charge in [-0.15, -0.1) is 0 Å². The van der Waals surface area contributed by atoms with Crippen molar-refractivity contribution < 1.29 is 38.4 Å². The van der Waals surface area contributed by atoms with E-state index >= 15 is 0 Å². The van der Waals surface area contributed by atoms with Crippen LogP contribution in [0.2, 0.25) is 0 Å². The highest BCUT2D eigenvalue weighted by molar-refractivity contribution is 5.98. The highest BCUT2D eigenvalue weighted by Crippen LogP contribution is 2.16. The van der Waals surface area contributed by atoms with Gasteiger partial charge in [-0.2, -0.15) is 0 Å². The van der Waals surface area contributed by atoms with E-state index in [1.807, 2.05) is 41.5 Å². The molecule has 412 valence electrons. The quantitative estimate of drug-likeness (QED) is 0.0262. The standard InChI is InChI=1S/C51H90N14O8/c1-12-31(9)41(65-50(73)42(32(10)13-2)64-47(70)39(26-29(5)6)62-46(69)38(25-28(3)4)59-33(11)66)49(72)61-37(18-16-24-57-51(55)56)45(68)63-40(30(7)8)48(71)60-36(17-14-15-23-52)44(67)58-27-34-19-21-35(22-20-34)43(53)54/h19-22,28-32,36-42H,12-18,23-27,52H2,1-11H3,(H3,53,54)(H,58,67)(H,59,66)(H,60,71)(H,61,72)(H,62,69)(H,63,68)(H,64,70)(H,65,73)(H4,55,56,57)/t31-,32-,36-,37-,38-,39-,40-,41-,42-/m0/s1. The van der Waals surface area contributed by atoms with Gasteiger partial charge in [-0.05, 0) is 86.6 Å². The van der Waals surface area contributed by atoms with E-state index < -0.39 is 107 Å². The summed E-state index contributed by atoms with van der Waals surface area (Å²) in [5.74, 6) is -6.33.